The number of alkyl halides is 1. The third kappa shape index (κ3) is 2.75. The normalized spacial score (nSPS) is 32.7. The van der Waals surface area contributed by atoms with Crippen molar-refractivity contribution in [2.24, 2.45) is 0 Å². The number of rotatable bonds is 2. The fourth-order valence-electron chi connectivity index (χ4n) is 1.66. The molecule has 0 radical (unpaired) electrons. The summed E-state index contributed by atoms with van der Waals surface area (Å²) >= 11 is 0. The summed E-state index contributed by atoms with van der Waals surface area (Å²) in [6.45, 7) is 4.33. The van der Waals surface area contributed by atoms with Gasteiger partial charge in [-0.15, -0.1) is 0 Å². The van der Waals surface area contributed by atoms with E-state index in [2.05, 4.69) is 5.32 Å². The van der Waals surface area contributed by atoms with Crippen molar-refractivity contribution in [3.05, 3.63) is 0 Å². The SMILES string of the molecule is CC(C)(F)CC1(O)CCNC1. The number of hydrogen-bond acceptors (Lipinski definition) is 2. The maximum absolute atomic E-state index is 13.1. The Kier molecular flexibility index (Phi) is 2.21. The van der Waals surface area contributed by atoms with Gasteiger partial charge in [-0.3, -0.25) is 0 Å². The van der Waals surface area contributed by atoms with Gasteiger partial charge in [0.1, 0.15) is 5.67 Å². The lowest BCUT2D eigenvalue weighted by Crippen LogP contribution is -2.37. The van der Waals surface area contributed by atoms with Gasteiger partial charge < -0.3 is 10.4 Å². The van der Waals surface area contributed by atoms with Gasteiger partial charge in [0.15, 0.2) is 0 Å². The molecular formula is C8H16FNO. The minimum absolute atomic E-state index is 0.229. The van der Waals surface area contributed by atoms with Crippen molar-refractivity contribution >= 4 is 0 Å². The van der Waals surface area contributed by atoms with Gasteiger partial charge in [-0.25, -0.2) is 4.39 Å². The van der Waals surface area contributed by atoms with Crippen LogP contribution in [0.4, 0.5) is 4.39 Å². The van der Waals surface area contributed by atoms with Gasteiger partial charge >= 0.3 is 0 Å². The molecule has 1 aliphatic rings. The van der Waals surface area contributed by atoms with Crippen LogP contribution >= 0.6 is 0 Å². The van der Waals surface area contributed by atoms with Gasteiger partial charge in [0.05, 0.1) is 5.60 Å². The van der Waals surface area contributed by atoms with E-state index in [-0.39, 0.29) is 6.42 Å². The van der Waals surface area contributed by atoms with Crippen LogP contribution in [0.2, 0.25) is 0 Å². The Balaban J connectivity index is 2.46. The zero-order valence-corrected chi connectivity index (χ0v) is 7.15. The standard InChI is InChI=1S/C8H16FNO/c1-7(2,9)5-8(11)3-4-10-6-8/h10-11H,3-6H2,1-2H3. The molecule has 3 heteroatoms. The number of β-amino-alcohol motifs (C(OH)–C–C–N with tert-alkyl or cyclic N) is 1. The highest BCUT2D eigenvalue weighted by molar-refractivity contribution is 4.92. The summed E-state index contributed by atoms with van der Waals surface area (Å²) in [7, 11) is 0. The number of nitrogens with one attached hydrogen (secondary N) is 1. The molecule has 1 saturated heterocycles. The second-order valence-electron chi connectivity index (χ2n) is 4.05. The Morgan fingerprint density at radius 1 is 1.64 bits per heavy atom. The minimum atomic E-state index is -1.26. The molecular weight excluding hydrogens is 145 g/mol. The molecule has 66 valence electrons. The van der Waals surface area contributed by atoms with Gasteiger partial charge in [-0.1, -0.05) is 0 Å². The third-order valence-electron chi connectivity index (χ3n) is 1.97. The van der Waals surface area contributed by atoms with Crippen LogP contribution in [0.1, 0.15) is 26.7 Å². The molecule has 0 amide bonds. The first-order valence-corrected chi connectivity index (χ1v) is 4.03. The highest BCUT2D eigenvalue weighted by Gasteiger charge is 2.36. The molecule has 1 heterocycles. The van der Waals surface area contributed by atoms with Crippen molar-refractivity contribution in [2.45, 2.75) is 38.0 Å². The topological polar surface area (TPSA) is 32.3 Å². The lowest BCUT2D eigenvalue weighted by Gasteiger charge is -2.27. The molecule has 1 aliphatic heterocycles. The highest BCUT2D eigenvalue weighted by atomic mass is 19.1. The zero-order valence-electron chi connectivity index (χ0n) is 7.15. The molecule has 1 fully saturated rings. The van der Waals surface area contributed by atoms with E-state index in [9.17, 15) is 9.50 Å². The van der Waals surface area contributed by atoms with E-state index < -0.39 is 11.3 Å². The summed E-state index contributed by atoms with van der Waals surface area (Å²) in [4.78, 5) is 0. The number of halogens is 1. The smallest absolute Gasteiger partial charge is 0.108 e. The Morgan fingerprint density at radius 2 is 2.27 bits per heavy atom. The fourth-order valence-corrected chi connectivity index (χ4v) is 1.66. The van der Waals surface area contributed by atoms with E-state index in [1.165, 1.54) is 13.8 Å². The molecule has 1 unspecified atom stereocenters. The molecule has 1 rings (SSSR count). The average molecular weight is 161 g/mol. The molecule has 1 atom stereocenters. The van der Waals surface area contributed by atoms with Crippen LogP contribution in [0, 0.1) is 0 Å². The quantitative estimate of drug-likeness (QED) is 0.629. The minimum Gasteiger partial charge on any atom is -0.388 e. The van der Waals surface area contributed by atoms with Crippen LogP contribution in [0.15, 0.2) is 0 Å². The summed E-state index contributed by atoms with van der Waals surface area (Å²) in [5.74, 6) is 0. The van der Waals surface area contributed by atoms with Crippen LogP contribution in [-0.2, 0) is 0 Å². The molecule has 0 aromatic rings. The van der Waals surface area contributed by atoms with Gasteiger partial charge in [0.25, 0.3) is 0 Å². The summed E-state index contributed by atoms with van der Waals surface area (Å²) in [5.41, 5.74) is -2.07. The number of aliphatic hydroxyl groups is 1. The molecule has 2 nitrogen and oxygen atoms in total. The highest BCUT2D eigenvalue weighted by Crippen LogP contribution is 2.27. The van der Waals surface area contributed by atoms with Crippen molar-refractivity contribution in [3.63, 3.8) is 0 Å². The first-order valence-electron chi connectivity index (χ1n) is 4.03. The monoisotopic (exact) mass is 161 g/mol. The Labute approximate surface area is 66.8 Å². The molecule has 0 bridgehead atoms. The number of hydrogen-bond donors (Lipinski definition) is 2. The average Bonchev–Trinajstić information content (AvgIpc) is 2.09. The Bertz CT molecular complexity index is 136. The fraction of sp³-hybridized carbons (Fsp3) is 1.00. The van der Waals surface area contributed by atoms with Gasteiger partial charge in [-0.2, -0.15) is 0 Å². The Morgan fingerprint density at radius 3 is 2.64 bits per heavy atom. The van der Waals surface area contributed by atoms with Crippen LogP contribution in [0.5, 0.6) is 0 Å². The van der Waals surface area contributed by atoms with Crippen LogP contribution < -0.4 is 5.32 Å². The molecule has 0 aliphatic carbocycles. The third-order valence-corrected chi connectivity index (χ3v) is 1.97. The van der Waals surface area contributed by atoms with Crippen molar-refractivity contribution < 1.29 is 9.50 Å². The van der Waals surface area contributed by atoms with Gasteiger partial charge in [-0.05, 0) is 26.8 Å². The van der Waals surface area contributed by atoms with E-state index in [4.69, 9.17) is 0 Å². The van der Waals surface area contributed by atoms with E-state index in [0.717, 1.165) is 6.54 Å². The van der Waals surface area contributed by atoms with E-state index in [1.807, 2.05) is 0 Å². The summed E-state index contributed by atoms with van der Waals surface area (Å²) < 4.78 is 13.1. The maximum Gasteiger partial charge on any atom is 0.108 e. The van der Waals surface area contributed by atoms with Gasteiger partial charge in [0, 0.05) is 13.0 Å². The lowest BCUT2D eigenvalue weighted by molar-refractivity contribution is 0.00335. The predicted octanol–water partition coefficient (Wildman–Crippen LogP) is 0.849. The first kappa shape index (κ1) is 8.94. The van der Waals surface area contributed by atoms with Crippen molar-refractivity contribution in [2.75, 3.05) is 13.1 Å². The molecule has 0 spiro atoms. The van der Waals surface area contributed by atoms with Crippen molar-refractivity contribution in [1.29, 1.82) is 0 Å². The second-order valence-corrected chi connectivity index (χ2v) is 4.05. The largest absolute Gasteiger partial charge is 0.388 e. The van der Waals surface area contributed by atoms with Crippen LogP contribution in [0.25, 0.3) is 0 Å². The second kappa shape index (κ2) is 2.72. The molecule has 2 N–H and O–H groups in total. The lowest BCUT2D eigenvalue weighted by atomic mass is 9.90. The molecule has 0 aromatic carbocycles. The first-order chi connectivity index (χ1) is 4.91. The summed E-state index contributed by atoms with van der Waals surface area (Å²) in [6.07, 6.45) is 0.896. The Hall–Kier alpha value is -0.150. The summed E-state index contributed by atoms with van der Waals surface area (Å²) in [5, 5.41) is 12.7. The van der Waals surface area contributed by atoms with Crippen LogP contribution in [0.3, 0.4) is 0 Å². The van der Waals surface area contributed by atoms with Crippen molar-refractivity contribution in [3.8, 4) is 0 Å². The van der Waals surface area contributed by atoms with Crippen molar-refractivity contribution in [1.82, 2.24) is 5.32 Å². The van der Waals surface area contributed by atoms with Gasteiger partial charge in [0.2, 0.25) is 0 Å². The molecule has 0 aromatic heterocycles. The predicted molar refractivity (Wildman–Crippen MR) is 42.2 cm³/mol. The van der Waals surface area contributed by atoms with Crippen LogP contribution in [-0.4, -0.2) is 29.5 Å². The van der Waals surface area contributed by atoms with E-state index in [1.54, 1.807) is 0 Å². The van der Waals surface area contributed by atoms with E-state index in [0.29, 0.717) is 13.0 Å². The summed E-state index contributed by atoms with van der Waals surface area (Å²) in [6, 6.07) is 0. The van der Waals surface area contributed by atoms with E-state index >= 15 is 0 Å². The maximum atomic E-state index is 13.1. The molecule has 11 heavy (non-hydrogen) atoms. The molecule has 0 saturated carbocycles. The zero-order chi connectivity index (χ0) is 8.54.